The lowest BCUT2D eigenvalue weighted by Crippen LogP contribution is -2.40. The van der Waals surface area contributed by atoms with E-state index in [1.165, 1.54) is 0 Å². The lowest BCUT2D eigenvalue weighted by atomic mass is 9.96. The first-order valence-electron chi connectivity index (χ1n) is 7.00. The Morgan fingerprint density at radius 1 is 1.52 bits per heavy atom. The zero-order valence-corrected chi connectivity index (χ0v) is 11.6. The van der Waals surface area contributed by atoms with E-state index in [0.29, 0.717) is 23.7 Å². The number of carbonyl (C=O) groups is 1. The zero-order chi connectivity index (χ0) is 14.4. The van der Waals surface area contributed by atoms with E-state index in [0.717, 1.165) is 18.6 Å². The maximum absolute atomic E-state index is 12.5. The number of rotatable bonds is 3. The van der Waals surface area contributed by atoms with Crippen LogP contribution in [-0.2, 0) is 9.63 Å². The molecular formula is C14H15N5O2. The lowest BCUT2D eigenvalue weighted by Gasteiger charge is -2.19. The fourth-order valence-corrected chi connectivity index (χ4v) is 2.50. The van der Waals surface area contributed by atoms with E-state index in [-0.39, 0.29) is 5.91 Å². The van der Waals surface area contributed by atoms with Gasteiger partial charge in [0.2, 0.25) is 5.60 Å². The highest BCUT2D eigenvalue weighted by Gasteiger charge is 2.46. The average Bonchev–Trinajstić information content (AvgIpc) is 3.15. The van der Waals surface area contributed by atoms with Crippen molar-refractivity contribution in [3.63, 3.8) is 0 Å². The lowest BCUT2D eigenvalue weighted by molar-refractivity contribution is -0.135. The molecular weight excluding hydrogens is 270 g/mol. The number of carbonyl (C=O) groups excluding carboxylic acids is 1. The van der Waals surface area contributed by atoms with E-state index >= 15 is 0 Å². The number of nitrogens with one attached hydrogen (secondary N) is 1. The SMILES string of the molecule is CC1(C(=O)Nc2cnn3cccnc23)CC(C2CC2)=NO1. The van der Waals surface area contributed by atoms with Crippen LogP contribution in [0.3, 0.4) is 0 Å². The molecule has 4 rings (SSSR count). The van der Waals surface area contributed by atoms with Crippen molar-refractivity contribution >= 4 is 23.0 Å². The summed E-state index contributed by atoms with van der Waals surface area (Å²) in [6, 6.07) is 1.78. The Morgan fingerprint density at radius 3 is 3.19 bits per heavy atom. The second-order valence-electron chi connectivity index (χ2n) is 5.76. The number of hydrogen-bond donors (Lipinski definition) is 1. The highest BCUT2D eigenvalue weighted by atomic mass is 16.7. The largest absolute Gasteiger partial charge is 0.379 e. The normalized spacial score (nSPS) is 24.7. The molecule has 1 unspecified atom stereocenters. The van der Waals surface area contributed by atoms with Crippen LogP contribution in [0.1, 0.15) is 26.2 Å². The predicted molar refractivity (Wildman–Crippen MR) is 75.9 cm³/mol. The van der Waals surface area contributed by atoms with E-state index in [1.807, 2.05) is 0 Å². The minimum Gasteiger partial charge on any atom is -0.379 e. The van der Waals surface area contributed by atoms with Gasteiger partial charge in [0.05, 0.1) is 11.9 Å². The molecule has 1 aliphatic heterocycles. The Bertz CT molecular complexity index is 749. The first-order chi connectivity index (χ1) is 10.2. The molecule has 1 aliphatic carbocycles. The Hall–Kier alpha value is -2.44. The molecule has 1 atom stereocenters. The summed E-state index contributed by atoms with van der Waals surface area (Å²) >= 11 is 0. The Balaban J connectivity index is 1.53. The van der Waals surface area contributed by atoms with Gasteiger partial charge in [0.25, 0.3) is 5.91 Å². The smallest absolute Gasteiger partial charge is 0.271 e. The van der Waals surface area contributed by atoms with Crippen LogP contribution in [0.2, 0.25) is 0 Å². The summed E-state index contributed by atoms with van der Waals surface area (Å²) in [5.74, 6) is 0.292. The first kappa shape index (κ1) is 12.3. The van der Waals surface area contributed by atoms with Crippen LogP contribution in [0.5, 0.6) is 0 Å². The van der Waals surface area contributed by atoms with Gasteiger partial charge in [-0.05, 0) is 25.8 Å². The molecule has 3 heterocycles. The van der Waals surface area contributed by atoms with Gasteiger partial charge >= 0.3 is 0 Å². The van der Waals surface area contributed by atoms with Crippen molar-refractivity contribution in [2.24, 2.45) is 11.1 Å². The van der Waals surface area contributed by atoms with Crippen molar-refractivity contribution in [1.29, 1.82) is 0 Å². The van der Waals surface area contributed by atoms with Crippen LogP contribution in [0, 0.1) is 5.92 Å². The van der Waals surface area contributed by atoms with Crippen LogP contribution in [0.25, 0.3) is 5.65 Å². The third kappa shape index (κ3) is 2.05. The minimum absolute atomic E-state index is 0.220. The van der Waals surface area contributed by atoms with Crippen molar-refractivity contribution < 1.29 is 9.63 Å². The van der Waals surface area contributed by atoms with Crippen LogP contribution in [0.15, 0.2) is 29.8 Å². The molecule has 0 aromatic carbocycles. The van der Waals surface area contributed by atoms with Crippen molar-refractivity contribution in [2.45, 2.75) is 31.8 Å². The summed E-state index contributed by atoms with van der Waals surface area (Å²) in [7, 11) is 0. The van der Waals surface area contributed by atoms with E-state index in [9.17, 15) is 4.79 Å². The zero-order valence-electron chi connectivity index (χ0n) is 11.6. The molecule has 0 radical (unpaired) electrons. The van der Waals surface area contributed by atoms with Crippen LogP contribution >= 0.6 is 0 Å². The second-order valence-corrected chi connectivity index (χ2v) is 5.76. The standard InChI is InChI=1S/C14H15N5O2/c1-14(7-10(18-21-14)9-3-4-9)13(20)17-11-8-16-19-6-2-5-15-12(11)19/h2,5-6,8-9H,3-4,7H2,1H3,(H,17,20). The molecule has 1 N–H and O–H groups in total. The van der Waals surface area contributed by atoms with Gasteiger partial charge < -0.3 is 10.2 Å². The molecule has 0 spiro atoms. The van der Waals surface area contributed by atoms with Gasteiger partial charge in [0.1, 0.15) is 5.69 Å². The Morgan fingerprint density at radius 2 is 2.38 bits per heavy atom. The highest BCUT2D eigenvalue weighted by Crippen LogP contribution is 2.38. The number of nitrogens with zero attached hydrogens (tertiary/aromatic N) is 4. The summed E-state index contributed by atoms with van der Waals surface area (Å²) < 4.78 is 1.61. The van der Waals surface area contributed by atoms with E-state index in [4.69, 9.17) is 4.84 Å². The van der Waals surface area contributed by atoms with Gasteiger partial charge in [-0.1, -0.05) is 5.16 Å². The molecule has 0 bridgehead atoms. The quantitative estimate of drug-likeness (QED) is 0.929. The second kappa shape index (κ2) is 4.28. The van der Waals surface area contributed by atoms with Crippen molar-refractivity contribution in [2.75, 3.05) is 5.32 Å². The Labute approximate surface area is 121 Å². The summed E-state index contributed by atoms with van der Waals surface area (Å²) in [4.78, 5) is 22.1. The highest BCUT2D eigenvalue weighted by molar-refractivity contribution is 6.04. The summed E-state index contributed by atoms with van der Waals surface area (Å²) in [5.41, 5.74) is 1.24. The summed E-state index contributed by atoms with van der Waals surface area (Å²) in [6.07, 6.45) is 7.88. The molecule has 2 aliphatic rings. The van der Waals surface area contributed by atoms with Gasteiger partial charge in [-0.25, -0.2) is 9.50 Å². The van der Waals surface area contributed by atoms with Gasteiger partial charge in [-0.2, -0.15) is 5.10 Å². The molecule has 0 saturated heterocycles. The number of aromatic nitrogens is 3. The monoisotopic (exact) mass is 285 g/mol. The number of hydrogen-bond acceptors (Lipinski definition) is 5. The van der Waals surface area contributed by atoms with Gasteiger partial charge in [0.15, 0.2) is 5.65 Å². The van der Waals surface area contributed by atoms with Crippen molar-refractivity contribution in [1.82, 2.24) is 14.6 Å². The van der Waals surface area contributed by atoms with Crippen molar-refractivity contribution in [3.05, 3.63) is 24.7 Å². The van der Waals surface area contributed by atoms with E-state index in [1.54, 1.807) is 36.1 Å². The van der Waals surface area contributed by atoms with Crippen LogP contribution in [0.4, 0.5) is 5.69 Å². The topological polar surface area (TPSA) is 80.9 Å². The van der Waals surface area contributed by atoms with E-state index < -0.39 is 5.60 Å². The third-order valence-corrected chi connectivity index (χ3v) is 3.94. The maximum atomic E-state index is 12.5. The number of fused-ring (bicyclic) bond motifs is 1. The number of anilines is 1. The number of amides is 1. The molecule has 21 heavy (non-hydrogen) atoms. The molecule has 7 heteroatoms. The fraction of sp³-hybridized carbons (Fsp3) is 0.429. The Kier molecular flexibility index (Phi) is 2.51. The summed E-state index contributed by atoms with van der Waals surface area (Å²) in [5, 5.41) is 11.1. The summed E-state index contributed by atoms with van der Waals surface area (Å²) in [6.45, 7) is 1.76. The van der Waals surface area contributed by atoms with Gasteiger partial charge in [-0.15, -0.1) is 0 Å². The molecule has 1 fully saturated rings. The molecule has 1 saturated carbocycles. The maximum Gasteiger partial charge on any atom is 0.271 e. The average molecular weight is 285 g/mol. The molecule has 2 aromatic rings. The van der Waals surface area contributed by atoms with Crippen LogP contribution < -0.4 is 5.32 Å². The molecule has 7 nitrogen and oxygen atoms in total. The minimum atomic E-state index is -0.943. The first-order valence-corrected chi connectivity index (χ1v) is 7.00. The van der Waals surface area contributed by atoms with Crippen molar-refractivity contribution in [3.8, 4) is 0 Å². The molecule has 1 amide bonds. The van der Waals surface area contributed by atoms with Crippen LogP contribution in [-0.4, -0.2) is 31.8 Å². The molecule has 2 aromatic heterocycles. The number of oxime groups is 1. The fourth-order valence-electron chi connectivity index (χ4n) is 2.50. The third-order valence-electron chi connectivity index (χ3n) is 3.94. The molecule has 108 valence electrons. The van der Waals surface area contributed by atoms with Gasteiger partial charge in [0, 0.05) is 24.7 Å². The predicted octanol–water partition coefficient (Wildman–Crippen LogP) is 1.61. The van der Waals surface area contributed by atoms with E-state index in [2.05, 4.69) is 20.6 Å². The van der Waals surface area contributed by atoms with Gasteiger partial charge in [-0.3, -0.25) is 4.79 Å².